The van der Waals surface area contributed by atoms with Crippen molar-refractivity contribution in [3.63, 3.8) is 0 Å². The third-order valence-electron chi connectivity index (χ3n) is 2.19. The number of H-pyrrole nitrogens is 2. The molecule has 0 saturated carbocycles. The van der Waals surface area contributed by atoms with Crippen LogP contribution < -0.4 is 16.6 Å². The van der Waals surface area contributed by atoms with Gasteiger partial charge in [-0.1, -0.05) is 13.3 Å². The largest absolute Gasteiger partial charge is 0.480 e. The molecule has 1 atom stereocenters. The second-order valence-corrected chi connectivity index (χ2v) is 3.65. The first kappa shape index (κ1) is 13.7. The van der Waals surface area contributed by atoms with Gasteiger partial charge in [-0.3, -0.25) is 14.6 Å². The van der Waals surface area contributed by atoms with Crippen molar-refractivity contribution in [1.82, 2.24) is 15.3 Å². The van der Waals surface area contributed by atoms with Crippen molar-refractivity contribution >= 4 is 11.9 Å². The summed E-state index contributed by atoms with van der Waals surface area (Å²) < 4.78 is 0. The number of aromatic nitrogens is 2. The highest BCUT2D eigenvalue weighted by atomic mass is 16.4. The molecule has 1 rings (SSSR count). The molecule has 0 aliphatic rings. The SMILES string of the molecule is CCC[C@H](NC(=O)c1cc(=O)[nH]c(=O)[nH]1)C(=O)O. The fraction of sp³-hybridized carbons (Fsp3) is 0.400. The Morgan fingerprint density at radius 1 is 1.39 bits per heavy atom. The molecule has 0 aromatic carbocycles. The van der Waals surface area contributed by atoms with E-state index in [1.165, 1.54) is 0 Å². The molecular weight excluding hydrogens is 242 g/mol. The molecular formula is C10H13N3O5. The number of aromatic amines is 2. The number of hydrogen-bond donors (Lipinski definition) is 4. The molecule has 8 heteroatoms. The Morgan fingerprint density at radius 2 is 2.06 bits per heavy atom. The van der Waals surface area contributed by atoms with Gasteiger partial charge in [-0.15, -0.1) is 0 Å². The Morgan fingerprint density at radius 3 is 2.56 bits per heavy atom. The number of hydrogen-bond acceptors (Lipinski definition) is 4. The van der Waals surface area contributed by atoms with Gasteiger partial charge >= 0.3 is 11.7 Å². The Balaban J connectivity index is 2.90. The molecule has 98 valence electrons. The van der Waals surface area contributed by atoms with E-state index in [1.54, 1.807) is 6.92 Å². The maximum absolute atomic E-state index is 11.6. The molecule has 18 heavy (non-hydrogen) atoms. The van der Waals surface area contributed by atoms with E-state index < -0.39 is 29.2 Å². The zero-order valence-corrected chi connectivity index (χ0v) is 9.65. The lowest BCUT2D eigenvalue weighted by molar-refractivity contribution is -0.139. The van der Waals surface area contributed by atoms with Crippen LogP contribution in [0.1, 0.15) is 30.3 Å². The molecule has 0 unspecified atom stereocenters. The Labute approximate surface area is 101 Å². The van der Waals surface area contributed by atoms with Crippen molar-refractivity contribution in [3.05, 3.63) is 32.6 Å². The second-order valence-electron chi connectivity index (χ2n) is 3.65. The van der Waals surface area contributed by atoms with Crippen LogP contribution in [0.2, 0.25) is 0 Å². The minimum absolute atomic E-state index is 0.258. The monoisotopic (exact) mass is 255 g/mol. The fourth-order valence-corrected chi connectivity index (χ4v) is 1.37. The number of carboxylic acid groups (broad SMARTS) is 1. The van der Waals surface area contributed by atoms with Crippen molar-refractivity contribution in [2.75, 3.05) is 0 Å². The summed E-state index contributed by atoms with van der Waals surface area (Å²) in [7, 11) is 0. The zero-order valence-electron chi connectivity index (χ0n) is 9.65. The van der Waals surface area contributed by atoms with Crippen LogP contribution in [0, 0.1) is 0 Å². The minimum atomic E-state index is -1.17. The number of carbonyl (C=O) groups excluding carboxylic acids is 1. The molecule has 1 heterocycles. The average molecular weight is 255 g/mol. The van der Waals surface area contributed by atoms with Gasteiger partial charge in [0.25, 0.3) is 11.5 Å². The standard InChI is InChI=1S/C10H13N3O5/c1-2-3-5(9(16)17)11-8(15)6-4-7(14)13-10(18)12-6/h4-5H,2-3H2,1H3,(H,11,15)(H,16,17)(H2,12,13,14,18)/t5-/m0/s1. The predicted molar refractivity (Wildman–Crippen MR) is 61.5 cm³/mol. The van der Waals surface area contributed by atoms with E-state index in [1.807, 2.05) is 4.98 Å². The van der Waals surface area contributed by atoms with E-state index in [2.05, 4.69) is 10.3 Å². The van der Waals surface area contributed by atoms with Gasteiger partial charge in [-0.2, -0.15) is 0 Å². The van der Waals surface area contributed by atoms with Crippen molar-refractivity contribution in [3.8, 4) is 0 Å². The van der Waals surface area contributed by atoms with Crippen LogP contribution in [0.15, 0.2) is 15.7 Å². The maximum Gasteiger partial charge on any atom is 0.326 e. The van der Waals surface area contributed by atoms with Gasteiger partial charge < -0.3 is 15.4 Å². The van der Waals surface area contributed by atoms with Crippen molar-refractivity contribution in [2.24, 2.45) is 0 Å². The Bertz CT molecular complexity index is 531. The Hall–Kier alpha value is -2.38. The van der Waals surface area contributed by atoms with E-state index in [-0.39, 0.29) is 12.1 Å². The first-order chi connectivity index (χ1) is 8.43. The van der Waals surface area contributed by atoms with Gasteiger partial charge in [-0.05, 0) is 6.42 Å². The van der Waals surface area contributed by atoms with Crippen LogP contribution in [0.5, 0.6) is 0 Å². The summed E-state index contributed by atoms with van der Waals surface area (Å²) in [6, 6.07) is -0.160. The first-order valence-corrected chi connectivity index (χ1v) is 5.31. The van der Waals surface area contributed by atoms with Gasteiger partial charge in [0, 0.05) is 6.07 Å². The second kappa shape index (κ2) is 5.80. The first-order valence-electron chi connectivity index (χ1n) is 5.31. The van der Waals surface area contributed by atoms with Crippen LogP contribution in [-0.2, 0) is 4.79 Å². The summed E-state index contributed by atoms with van der Waals surface area (Å²) in [5.74, 6) is -1.98. The maximum atomic E-state index is 11.6. The fourth-order valence-electron chi connectivity index (χ4n) is 1.37. The molecule has 4 N–H and O–H groups in total. The average Bonchev–Trinajstić information content (AvgIpc) is 2.26. The van der Waals surface area contributed by atoms with Gasteiger partial charge in [0.2, 0.25) is 0 Å². The summed E-state index contributed by atoms with van der Waals surface area (Å²) in [5, 5.41) is 11.1. The summed E-state index contributed by atoms with van der Waals surface area (Å²) in [4.78, 5) is 48.4. The highest BCUT2D eigenvalue weighted by Gasteiger charge is 2.20. The number of carbonyl (C=O) groups is 2. The van der Waals surface area contributed by atoms with Gasteiger partial charge in [-0.25, -0.2) is 9.59 Å². The summed E-state index contributed by atoms with van der Waals surface area (Å²) in [6.45, 7) is 1.77. The van der Waals surface area contributed by atoms with Crippen LogP contribution in [-0.4, -0.2) is 33.0 Å². The number of aliphatic carboxylic acids is 1. The van der Waals surface area contributed by atoms with E-state index >= 15 is 0 Å². The zero-order chi connectivity index (χ0) is 13.7. The highest BCUT2D eigenvalue weighted by Crippen LogP contribution is 1.98. The number of amides is 1. The summed E-state index contributed by atoms with van der Waals surface area (Å²) in [5.41, 5.74) is -1.83. The third-order valence-corrected chi connectivity index (χ3v) is 2.19. The van der Waals surface area contributed by atoms with Crippen LogP contribution in [0.4, 0.5) is 0 Å². The molecule has 1 amide bonds. The van der Waals surface area contributed by atoms with E-state index in [0.717, 1.165) is 6.07 Å². The Kier molecular flexibility index (Phi) is 4.41. The third kappa shape index (κ3) is 3.58. The molecule has 1 aromatic rings. The molecule has 0 aliphatic carbocycles. The number of rotatable bonds is 5. The summed E-state index contributed by atoms with van der Waals surface area (Å²) in [6.07, 6.45) is 0.831. The number of carboxylic acids is 1. The van der Waals surface area contributed by atoms with Crippen molar-refractivity contribution < 1.29 is 14.7 Å². The van der Waals surface area contributed by atoms with Gasteiger partial charge in [0.05, 0.1) is 0 Å². The molecule has 0 fully saturated rings. The molecule has 1 aromatic heterocycles. The van der Waals surface area contributed by atoms with E-state index in [0.29, 0.717) is 6.42 Å². The van der Waals surface area contributed by atoms with Crippen LogP contribution in [0.25, 0.3) is 0 Å². The smallest absolute Gasteiger partial charge is 0.326 e. The van der Waals surface area contributed by atoms with Crippen LogP contribution in [0.3, 0.4) is 0 Å². The minimum Gasteiger partial charge on any atom is -0.480 e. The predicted octanol–water partition coefficient (Wildman–Crippen LogP) is -0.954. The van der Waals surface area contributed by atoms with Gasteiger partial charge in [0.15, 0.2) is 0 Å². The molecule has 0 spiro atoms. The molecule has 0 saturated heterocycles. The van der Waals surface area contributed by atoms with Crippen molar-refractivity contribution in [1.29, 1.82) is 0 Å². The normalized spacial score (nSPS) is 11.8. The van der Waals surface area contributed by atoms with E-state index in [9.17, 15) is 19.2 Å². The van der Waals surface area contributed by atoms with E-state index in [4.69, 9.17) is 5.11 Å². The quantitative estimate of drug-likeness (QED) is 0.538. The van der Waals surface area contributed by atoms with Gasteiger partial charge in [0.1, 0.15) is 11.7 Å². The summed E-state index contributed by atoms with van der Waals surface area (Å²) >= 11 is 0. The molecule has 8 nitrogen and oxygen atoms in total. The lowest BCUT2D eigenvalue weighted by atomic mass is 10.1. The highest BCUT2D eigenvalue weighted by molar-refractivity contribution is 5.94. The lowest BCUT2D eigenvalue weighted by Crippen LogP contribution is -2.42. The topological polar surface area (TPSA) is 132 Å². The number of nitrogens with one attached hydrogen (secondary N) is 3. The molecule has 0 bridgehead atoms. The molecule has 0 aliphatic heterocycles. The molecule has 0 radical (unpaired) electrons. The van der Waals surface area contributed by atoms with Crippen molar-refractivity contribution in [2.45, 2.75) is 25.8 Å². The lowest BCUT2D eigenvalue weighted by Gasteiger charge is -2.12. The van der Waals surface area contributed by atoms with Crippen LogP contribution >= 0.6 is 0 Å².